The molecule has 3 rings (SSSR count). The van der Waals surface area contributed by atoms with Gasteiger partial charge in [0.2, 0.25) is 11.8 Å². The van der Waals surface area contributed by atoms with Gasteiger partial charge in [-0.2, -0.15) is 0 Å². The van der Waals surface area contributed by atoms with Crippen LogP contribution in [0.25, 0.3) is 5.57 Å². The van der Waals surface area contributed by atoms with Gasteiger partial charge in [0.1, 0.15) is 0 Å². The van der Waals surface area contributed by atoms with Crippen molar-refractivity contribution >= 4 is 23.5 Å². The number of rotatable bonds is 6. The smallest absolute Gasteiger partial charge is 0.407 e. The number of nitrogens with one attached hydrogen (secondary N) is 2. The lowest BCUT2D eigenvalue weighted by Crippen LogP contribution is -2.60. The molecule has 9 heteroatoms. The Morgan fingerprint density at radius 2 is 1.97 bits per heavy atom. The molecule has 174 valence electrons. The predicted molar refractivity (Wildman–Crippen MR) is 119 cm³/mol. The summed E-state index contributed by atoms with van der Waals surface area (Å²) in [4.78, 5) is 40.2. The first-order chi connectivity index (χ1) is 15.3. The third-order valence-corrected chi connectivity index (χ3v) is 6.32. The number of benzene rings is 1. The zero-order chi connectivity index (χ0) is 23.3. The molecule has 2 heterocycles. The fourth-order valence-electron chi connectivity index (χ4n) is 4.52. The second-order valence-corrected chi connectivity index (χ2v) is 8.73. The molecule has 9 nitrogen and oxygen atoms in total. The summed E-state index contributed by atoms with van der Waals surface area (Å²) in [6, 6.07) is 9.07. The van der Waals surface area contributed by atoms with Crippen molar-refractivity contribution in [2.75, 3.05) is 26.2 Å². The van der Waals surface area contributed by atoms with Crippen LogP contribution in [0.15, 0.2) is 36.4 Å². The summed E-state index contributed by atoms with van der Waals surface area (Å²) in [7, 11) is 0. The maximum atomic E-state index is 13.2. The van der Waals surface area contributed by atoms with E-state index in [1.165, 1.54) is 10.5 Å². The zero-order valence-electron chi connectivity index (χ0n) is 18.5. The molecule has 4 N–H and O–H groups in total. The molecule has 0 aromatic heterocycles. The lowest BCUT2D eigenvalue weighted by Gasteiger charge is -2.39. The Morgan fingerprint density at radius 3 is 2.53 bits per heavy atom. The zero-order valence-corrected chi connectivity index (χ0v) is 18.5. The Labute approximate surface area is 188 Å². The maximum absolute atomic E-state index is 13.2. The van der Waals surface area contributed by atoms with Gasteiger partial charge in [0.15, 0.2) is 0 Å². The number of hydrogen-bond acceptors (Lipinski definition) is 5. The molecule has 3 amide bonds. The van der Waals surface area contributed by atoms with Crippen LogP contribution in [-0.2, 0) is 9.59 Å². The third kappa shape index (κ3) is 5.46. The van der Waals surface area contributed by atoms with Crippen LogP contribution in [0.4, 0.5) is 4.79 Å². The van der Waals surface area contributed by atoms with Gasteiger partial charge in [-0.1, -0.05) is 36.4 Å². The minimum atomic E-state index is -1.02. The predicted octanol–water partition coefficient (Wildman–Crippen LogP) is 1.79. The summed E-state index contributed by atoms with van der Waals surface area (Å²) in [5.74, 6) is -1.75. The summed E-state index contributed by atoms with van der Waals surface area (Å²) in [5, 5.41) is 21.8. The summed E-state index contributed by atoms with van der Waals surface area (Å²) < 4.78 is 0. The Hall–Kier alpha value is -2.91. The van der Waals surface area contributed by atoms with Crippen LogP contribution < -0.4 is 10.8 Å². The molecule has 2 aliphatic heterocycles. The standard InChI is InChI=1S/C23H32N4O5/c1-15(2)27(23(30)31)14-16-12-19(21(28)25-32)20(24-13-16)22(29)26-10-8-18(9-11-26)17-6-4-3-5-7-17/h3-8,15-16,19-20,24,32H,9-14H2,1-2H3,(H,25,28)(H,30,31)/t16?,19-,20-/m0/s1. The first-order valence-corrected chi connectivity index (χ1v) is 11.0. The number of carbonyl (C=O) groups excluding carboxylic acids is 2. The molecule has 1 aromatic carbocycles. The minimum absolute atomic E-state index is 0.147. The average molecular weight is 445 g/mol. The van der Waals surface area contributed by atoms with Crippen molar-refractivity contribution in [2.24, 2.45) is 11.8 Å². The Morgan fingerprint density at radius 1 is 1.25 bits per heavy atom. The number of nitrogens with zero attached hydrogens (tertiary/aromatic N) is 2. The number of carboxylic acid groups (broad SMARTS) is 1. The van der Waals surface area contributed by atoms with Crippen LogP contribution in [0.2, 0.25) is 0 Å². The largest absolute Gasteiger partial charge is 0.465 e. The normalized spacial score (nSPS) is 23.4. The van der Waals surface area contributed by atoms with Crippen molar-refractivity contribution in [1.29, 1.82) is 0 Å². The van der Waals surface area contributed by atoms with Crippen LogP contribution in [0.3, 0.4) is 0 Å². The highest BCUT2D eigenvalue weighted by Gasteiger charge is 2.41. The fourth-order valence-corrected chi connectivity index (χ4v) is 4.52. The molecule has 0 bridgehead atoms. The number of amides is 3. The highest BCUT2D eigenvalue weighted by Crippen LogP contribution is 2.27. The van der Waals surface area contributed by atoms with E-state index in [9.17, 15) is 24.7 Å². The van der Waals surface area contributed by atoms with E-state index in [1.54, 1.807) is 24.2 Å². The van der Waals surface area contributed by atoms with Gasteiger partial charge in [-0.05, 0) is 43.7 Å². The quantitative estimate of drug-likeness (QED) is 0.392. The van der Waals surface area contributed by atoms with E-state index in [-0.39, 0.29) is 24.4 Å². The lowest BCUT2D eigenvalue weighted by atomic mass is 9.82. The molecule has 0 aliphatic carbocycles. The van der Waals surface area contributed by atoms with Crippen LogP contribution >= 0.6 is 0 Å². The van der Waals surface area contributed by atoms with Gasteiger partial charge in [-0.3, -0.25) is 14.8 Å². The molecule has 1 unspecified atom stereocenters. The molecule has 1 aromatic rings. The van der Waals surface area contributed by atoms with Crippen molar-refractivity contribution in [3.8, 4) is 0 Å². The molecule has 0 spiro atoms. The Bertz CT molecular complexity index is 857. The SMILES string of the molecule is CC(C)N(CC1CN[C@H](C(=O)N2CC=C(c3ccccc3)CC2)[C@@H](C(=O)NO)C1)C(=O)O. The van der Waals surface area contributed by atoms with Gasteiger partial charge in [-0.15, -0.1) is 0 Å². The molecule has 3 atom stereocenters. The van der Waals surface area contributed by atoms with E-state index < -0.39 is 24.0 Å². The van der Waals surface area contributed by atoms with E-state index in [2.05, 4.69) is 5.32 Å². The average Bonchev–Trinajstić information content (AvgIpc) is 2.81. The third-order valence-electron chi connectivity index (χ3n) is 6.32. The van der Waals surface area contributed by atoms with Gasteiger partial charge in [0.25, 0.3) is 0 Å². The highest BCUT2D eigenvalue weighted by molar-refractivity contribution is 5.90. The van der Waals surface area contributed by atoms with E-state index >= 15 is 0 Å². The van der Waals surface area contributed by atoms with Gasteiger partial charge in [0.05, 0.1) is 12.0 Å². The van der Waals surface area contributed by atoms with Crippen molar-refractivity contribution in [1.82, 2.24) is 20.6 Å². The Kier molecular flexibility index (Phi) is 7.87. The number of hydroxylamine groups is 1. The summed E-state index contributed by atoms with van der Waals surface area (Å²) >= 11 is 0. The summed E-state index contributed by atoms with van der Waals surface area (Å²) in [6.07, 6.45) is 2.06. The van der Waals surface area contributed by atoms with E-state index in [0.29, 0.717) is 26.1 Å². The molecule has 32 heavy (non-hydrogen) atoms. The highest BCUT2D eigenvalue weighted by atomic mass is 16.5. The van der Waals surface area contributed by atoms with Gasteiger partial charge in [-0.25, -0.2) is 10.3 Å². The number of carbonyl (C=O) groups is 3. The van der Waals surface area contributed by atoms with Gasteiger partial charge >= 0.3 is 6.09 Å². The summed E-state index contributed by atoms with van der Waals surface area (Å²) in [5.41, 5.74) is 4.01. The fraction of sp³-hybridized carbons (Fsp3) is 0.522. The second-order valence-electron chi connectivity index (χ2n) is 8.73. The van der Waals surface area contributed by atoms with Crippen LogP contribution in [0.1, 0.15) is 32.3 Å². The molecular formula is C23H32N4O5. The van der Waals surface area contributed by atoms with Gasteiger partial charge < -0.3 is 20.2 Å². The maximum Gasteiger partial charge on any atom is 0.407 e. The molecule has 0 radical (unpaired) electrons. The van der Waals surface area contributed by atoms with Gasteiger partial charge in [0, 0.05) is 32.2 Å². The Balaban J connectivity index is 1.67. The lowest BCUT2D eigenvalue weighted by molar-refractivity contribution is -0.144. The summed E-state index contributed by atoms with van der Waals surface area (Å²) in [6.45, 7) is 5.27. The molecule has 2 aliphatic rings. The van der Waals surface area contributed by atoms with Crippen LogP contribution in [-0.4, -0.2) is 76.3 Å². The second kappa shape index (κ2) is 10.6. The van der Waals surface area contributed by atoms with Crippen molar-refractivity contribution in [3.05, 3.63) is 42.0 Å². The van der Waals surface area contributed by atoms with Crippen LogP contribution in [0, 0.1) is 11.8 Å². The van der Waals surface area contributed by atoms with Crippen molar-refractivity contribution in [2.45, 2.75) is 38.8 Å². The van der Waals surface area contributed by atoms with Crippen molar-refractivity contribution in [3.63, 3.8) is 0 Å². The molecule has 1 saturated heterocycles. The van der Waals surface area contributed by atoms with E-state index in [0.717, 1.165) is 12.0 Å². The first-order valence-electron chi connectivity index (χ1n) is 11.0. The van der Waals surface area contributed by atoms with Crippen LogP contribution in [0.5, 0.6) is 0 Å². The first kappa shape index (κ1) is 23.7. The van der Waals surface area contributed by atoms with E-state index in [4.69, 9.17) is 0 Å². The molecular weight excluding hydrogens is 412 g/mol. The van der Waals surface area contributed by atoms with E-state index in [1.807, 2.05) is 36.4 Å². The molecule has 0 saturated carbocycles. The number of hydrogen-bond donors (Lipinski definition) is 4. The molecule has 1 fully saturated rings. The number of piperidine rings is 1. The topological polar surface area (TPSA) is 122 Å². The monoisotopic (exact) mass is 444 g/mol. The minimum Gasteiger partial charge on any atom is -0.465 e. The van der Waals surface area contributed by atoms with Crippen molar-refractivity contribution < 1.29 is 24.7 Å².